The number of aliphatic hydroxyl groups is 1. The van der Waals surface area contributed by atoms with E-state index in [4.69, 9.17) is 5.11 Å². The molecule has 0 aliphatic heterocycles. The van der Waals surface area contributed by atoms with Crippen LogP contribution in [0.15, 0.2) is 4.52 Å². The summed E-state index contributed by atoms with van der Waals surface area (Å²) in [4.78, 5) is 3.78. The standard InChI is InChI=1S/C5H8N2O2/c1-3(8)5-6-4(2)9-7-5/h3,8H,1-2H3/t3-/m1/s1. The van der Waals surface area contributed by atoms with Crippen LogP contribution in [0, 0.1) is 6.92 Å². The van der Waals surface area contributed by atoms with Crippen molar-refractivity contribution in [1.29, 1.82) is 0 Å². The number of rotatable bonds is 1. The molecule has 0 spiro atoms. The summed E-state index contributed by atoms with van der Waals surface area (Å²) < 4.78 is 4.60. The maximum absolute atomic E-state index is 8.85. The number of hydrogen-bond acceptors (Lipinski definition) is 4. The monoisotopic (exact) mass is 128 g/mol. The van der Waals surface area contributed by atoms with Gasteiger partial charge in [-0.05, 0) is 6.92 Å². The lowest BCUT2D eigenvalue weighted by Crippen LogP contribution is -1.92. The van der Waals surface area contributed by atoms with Gasteiger partial charge in [-0.25, -0.2) is 0 Å². The first-order chi connectivity index (χ1) is 4.20. The molecule has 0 radical (unpaired) electrons. The van der Waals surface area contributed by atoms with Crippen molar-refractivity contribution in [2.24, 2.45) is 0 Å². The molecule has 1 heterocycles. The summed E-state index contributed by atoms with van der Waals surface area (Å²) in [6, 6.07) is 0. The molecular formula is C5H8N2O2. The van der Waals surface area contributed by atoms with Crippen LogP contribution >= 0.6 is 0 Å². The van der Waals surface area contributed by atoms with Gasteiger partial charge in [0.2, 0.25) is 5.89 Å². The summed E-state index contributed by atoms with van der Waals surface area (Å²) >= 11 is 0. The summed E-state index contributed by atoms with van der Waals surface area (Å²) in [5, 5.41) is 12.3. The van der Waals surface area contributed by atoms with Gasteiger partial charge >= 0.3 is 0 Å². The van der Waals surface area contributed by atoms with E-state index in [2.05, 4.69) is 14.7 Å². The van der Waals surface area contributed by atoms with Crippen LogP contribution in [0.3, 0.4) is 0 Å². The molecule has 1 aromatic heterocycles. The van der Waals surface area contributed by atoms with E-state index in [1.807, 2.05) is 0 Å². The van der Waals surface area contributed by atoms with E-state index in [0.717, 1.165) is 0 Å². The molecule has 0 aromatic carbocycles. The normalized spacial score (nSPS) is 13.7. The van der Waals surface area contributed by atoms with Crippen molar-refractivity contribution in [3.05, 3.63) is 11.7 Å². The van der Waals surface area contributed by atoms with Crippen LogP contribution in [0.1, 0.15) is 24.7 Å². The van der Waals surface area contributed by atoms with Gasteiger partial charge in [-0.15, -0.1) is 0 Å². The highest BCUT2D eigenvalue weighted by atomic mass is 16.5. The summed E-state index contributed by atoms with van der Waals surface area (Å²) in [6.45, 7) is 3.27. The topological polar surface area (TPSA) is 59.2 Å². The molecule has 0 unspecified atom stereocenters. The molecule has 0 bridgehead atoms. The SMILES string of the molecule is Cc1nc([C@@H](C)O)no1. The van der Waals surface area contributed by atoms with E-state index in [-0.39, 0.29) is 0 Å². The summed E-state index contributed by atoms with van der Waals surface area (Å²) in [7, 11) is 0. The zero-order valence-corrected chi connectivity index (χ0v) is 5.33. The van der Waals surface area contributed by atoms with Gasteiger partial charge in [0.25, 0.3) is 0 Å². The second kappa shape index (κ2) is 2.14. The lowest BCUT2D eigenvalue weighted by molar-refractivity contribution is 0.184. The van der Waals surface area contributed by atoms with Crippen LogP contribution in [-0.2, 0) is 0 Å². The summed E-state index contributed by atoms with van der Waals surface area (Å²) in [5.41, 5.74) is 0. The molecule has 9 heavy (non-hydrogen) atoms. The molecule has 1 aromatic rings. The van der Waals surface area contributed by atoms with Crippen molar-refractivity contribution in [3.8, 4) is 0 Å². The number of nitrogens with zero attached hydrogens (tertiary/aromatic N) is 2. The highest BCUT2D eigenvalue weighted by Gasteiger charge is 2.06. The Morgan fingerprint density at radius 1 is 1.67 bits per heavy atom. The van der Waals surface area contributed by atoms with Gasteiger partial charge in [-0.3, -0.25) is 0 Å². The second-order valence-corrected chi connectivity index (χ2v) is 1.85. The first-order valence-corrected chi connectivity index (χ1v) is 2.68. The molecule has 0 aliphatic rings. The number of hydrogen-bond donors (Lipinski definition) is 1. The van der Waals surface area contributed by atoms with E-state index in [9.17, 15) is 0 Å². The van der Waals surface area contributed by atoms with Gasteiger partial charge < -0.3 is 9.63 Å². The molecule has 1 rings (SSSR count). The second-order valence-electron chi connectivity index (χ2n) is 1.85. The summed E-state index contributed by atoms with van der Waals surface area (Å²) in [5.74, 6) is 0.818. The lowest BCUT2D eigenvalue weighted by Gasteiger charge is -1.90. The maximum atomic E-state index is 8.85. The minimum absolute atomic E-state index is 0.340. The smallest absolute Gasteiger partial charge is 0.223 e. The highest BCUT2D eigenvalue weighted by Crippen LogP contribution is 2.05. The van der Waals surface area contributed by atoms with Crippen molar-refractivity contribution in [1.82, 2.24) is 10.1 Å². The van der Waals surface area contributed by atoms with Crippen molar-refractivity contribution >= 4 is 0 Å². The van der Waals surface area contributed by atoms with E-state index < -0.39 is 6.10 Å². The predicted molar refractivity (Wildman–Crippen MR) is 29.7 cm³/mol. The van der Waals surface area contributed by atoms with Gasteiger partial charge in [0.15, 0.2) is 5.82 Å². The van der Waals surface area contributed by atoms with Crippen LogP contribution in [0.25, 0.3) is 0 Å². The Morgan fingerprint density at radius 2 is 2.33 bits per heavy atom. The van der Waals surface area contributed by atoms with Gasteiger partial charge in [0.05, 0.1) is 0 Å². The molecule has 50 valence electrons. The fourth-order valence-electron chi connectivity index (χ4n) is 0.485. The van der Waals surface area contributed by atoms with Crippen LogP contribution in [0.2, 0.25) is 0 Å². The Balaban J connectivity index is 2.85. The molecule has 1 N–H and O–H groups in total. The molecule has 4 heteroatoms. The average molecular weight is 128 g/mol. The third kappa shape index (κ3) is 1.26. The number of aliphatic hydroxyl groups excluding tert-OH is 1. The Bertz CT molecular complexity index is 195. The van der Waals surface area contributed by atoms with Crippen LogP contribution in [0.5, 0.6) is 0 Å². The molecule has 4 nitrogen and oxygen atoms in total. The molecule has 0 fully saturated rings. The Morgan fingerprint density at radius 3 is 2.56 bits per heavy atom. The zero-order valence-electron chi connectivity index (χ0n) is 5.33. The molecule has 0 saturated carbocycles. The van der Waals surface area contributed by atoms with E-state index in [1.165, 1.54) is 0 Å². The van der Waals surface area contributed by atoms with Crippen LogP contribution in [-0.4, -0.2) is 15.2 Å². The Hall–Kier alpha value is -0.900. The molecule has 0 saturated heterocycles. The Labute approximate surface area is 52.5 Å². The average Bonchev–Trinajstić information content (AvgIpc) is 2.14. The van der Waals surface area contributed by atoms with Gasteiger partial charge in [-0.2, -0.15) is 4.98 Å². The third-order valence-corrected chi connectivity index (χ3v) is 0.917. The first-order valence-electron chi connectivity index (χ1n) is 2.68. The van der Waals surface area contributed by atoms with Crippen molar-refractivity contribution in [2.45, 2.75) is 20.0 Å². The largest absolute Gasteiger partial charge is 0.385 e. The maximum Gasteiger partial charge on any atom is 0.223 e. The fraction of sp³-hybridized carbons (Fsp3) is 0.600. The van der Waals surface area contributed by atoms with Gasteiger partial charge in [-0.1, -0.05) is 5.16 Å². The minimum atomic E-state index is -0.637. The highest BCUT2D eigenvalue weighted by molar-refractivity contribution is 4.86. The third-order valence-electron chi connectivity index (χ3n) is 0.917. The fourth-order valence-corrected chi connectivity index (χ4v) is 0.485. The quantitative estimate of drug-likeness (QED) is 0.595. The zero-order chi connectivity index (χ0) is 6.85. The molecule has 1 atom stereocenters. The van der Waals surface area contributed by atoms with Gasteiger partial charge in [0, 0.05) is 6.92 Å². The van der Waals surface area contributed by atoms with Crippen molar-refractivity contribution < 1.29 is 9.63 Å². The van der Waals surface area contributed by atoms with E-state index in [1.54, 1.807) is 13.8 Å². The van der Waals surface area contributed by atoms with Crippen LogP contribution < -0.4 is 0 Å². The number of aromatic nitrogens is 2. The molecule has 0 aliphatic carbocycles. The van der Waals surface area contributed by atoms with Crippen molar-refractivity contribution in [2.75, 3.05) is 0 Å². The first kappa shape index (κ1) is 6.22. The minimum Gasteiger partial charge on any atom is -0.385 e. The Kier molecular flexibility index (Phi) is 1.48. The molecule has 0 amide bonds. The number of aryl methyl sites for hydroxylation is 1. The van der Waals surface area contributed by atoms with E-state index in [0.29, 0.717) is 11.7 Å². The summed E-state index contributed by atoms with van der Waals surface area (Å²) in [6.07, 6.45) is -0.637. The lowest BCUT2D eigenvalue weighted by atomic mass is 10.4. The predicted octanol–water partition coefficient (Wildman–Crippen LogP) is 0.431. The van der Waals surface area contributed by atoms with Gasteiger partial charge in [0.1, 0.15) is 6.10 Å². The van der Waals surface area contributed by atoms with E-state index >= 15 is 0 Å². The van der Waals surface area contributed by atoms with Crippen molar-refractivity contribution in [3.63, 3.8) is 0 Å². The van der Waals surface area contributed by atoms with Crippen LogP contribution in [0.4, 0.5) is 0 Å². The molecular weight excluding hydrogens is 120 g/mol.